The van der Waals surface area contributed by atoms with Gasteiger partial charge in [0.05, 0.1) is 4.88 Å². The Morgan fingerprint density at radius 3 is 2.55 bits per heavy atom. The van der Waals surface area contributed by atoms with Crippen molar-refractivity contribution in [1.29, 1.82) is 0 Å². The summed E-state index contributed by atoms with van der Waals surface area (Å²) in [6.07, 6.45) is 2.97. The van der Waals surface area contributed by atoms with Crippen molar-refractivity contribution < 1.29 is 0 Å². The number of aromatic nitrogens is 1. The minimum absolute atomic E-state index is 0.760. The number of nitrogens with zero attached hydrogens (tertiary/aromatic N) is 1. The molecule has 22 heavy (non-hydrogen) atoms. The maximum atomic E-state index is 5.92. The van der Waals surface area contributed by atoms with Crippen LogP contribution in [0.15, 0.2) is 60.8 Å². The highest BCUT2D eigenvalue weighted by molar-refractivity contribution is 7.15. The predicted octanol–water partition coefficient (Wildman–Crippen LogP) is 4.80. The van der Waals surface area contributed by atoms with Crippen molar-refractivity contribution in [1.82, 2.24) is 10.3 Å². The molecule has 3 aromatic rings. The number of benzene rings is 2. The fourth-order valence-electron chi connectivity index (χ4n) is 2.21. The highest BCUT2D eigenvalue weighted by Gasteiger charge is 2.04. The lowest BCUT2D eigenvalue weighted by Gasteiger charge is -2.02. The van der Waals surface area contributed by atoms with Gasteiger partial charge < -0.3 is 5.32 Å². The zero-order valence-corrected chi connectivity index (χ0v) is 13.7. The van der Waals surface area contributed by atoms with Crippen LogP contribution in [0.1, 0.15) is 10.6 Å². The second-order valence-corrected chi connectivity index (χ2v) is 6.59. The lowest BCUT2D eigenvalue weighted by Crippen LogP contribution is -2.16. The fraction of sp³-hybridized carbons (Fsp3) is 0.167. The lowest BCUT2D eigenvalue weighted by atomic mass is 10.1. The predicted molar refractivity (Wildman–Crippen MR) is 94.4 cm³/mol. The highest BCUT2D eigenvalue weighted by atomic mass is 35.5. The van der Waals surface area contributed by atoms with Crippen LogP contribution >= 0.6 is 22.9 Å². The average Bonchev–Trinajstić information content (AvgIpc) is 3.02. The van der Waals surface area contributed by atoms with E-state index in [0.29, 0.717) is 0 Å². The molecular weight excluding hydrogens is 312 g/mol. The monoisotopic (exact) mass is 328 g/mol. The molecule has 0 atom stereocenters. The van der Waals surface area contributed by atoms with E-state index in [9.17, 15) is 0 Å². The van der Waals surface area contributed by atoms with Gasteiger partial charge in [0, 0.05) is 17.8 Å². The molecule has 0 spiro atoms. The third kappa shape index (κ3) is 4.17. The first-order valence-electron chi connectivity index (χ1n) is 7.26. The molecule has 4 heteroatoms. The fourth-order valence-corrected chi connectivity index (χ4v) is 3.23. The van der Waals surface area contributed by atoms with Gasteiger partial charge in [0.15, 0.2) is 0 Å². The Bertz CT molecular complexity index is 707. The summed E-state index contributed by atoms with van der Waals surface area (Å²) in [6, 6.07) is 18.4. The van der Waals surface area contributed by atoms with E-state index in [0.717, 1.165) is 35.1 Å². The van der Waals surface area contributed by atoms with Gasteiger partial charge in [-0.05, 0) is 36.2 Å². The molecule has 0 aliphatic heterocycles. The van der Waals surface area contributed by atoms with Crippen LogP contribution in [0, 0.1) is 0 Å². The zero-order valence-electron chi connectivity index (χ0n) is 12.1. The molecule has 3 rings (SSSR count). The van der Waals surface area contributed by atoms with E-state index < -0.39 is 0 Å². The Kier molecular flexibility index (Phi) is 5.22. The molecule has 0 saturated heterocycles. The summed E-state index contributed by atoms with van der Waals surface area (Å²) >= 11 is 7.64. The van der Waals surface area contributed by atoms with Crippen molar-refractivity contribution in [2.24, 2.45) is 0 Å². The molecule has 0 bridgehead atoms. The Morgan fingerprint density at radius 2 is 1.77 bits per heavy atom. The van der Waals surface area contributed by atoms with Crippen LogP contribution < -0.4 is 5.32 Å². The topological polar surface area (TPSA) is 24.9 Å². The molecule has 1 aromatic heterocycles. The Balaban J connectivity index is 1.50. The Morgan fingerprint density at radius 1 is 1.00 bits per heavy atom. The molecule has 0 aliphatic rings. The molecule has 0 saturated carbocycles. The van der Waals surface area contributed by atoms with E-state index in [1.165, 1.54) is 10.4 Å². The second-order valence-electron chi connectivity index (χ2n) is 5.04. The standard InChI is InChI=1S/C18H17ClN2S/c19-16-8-6-15(7-9-16)17-12-21-18(22-17)13-20-11-10-14-4-2-1-3-5-14/h1-9,12,20H,10-11,13H2. The van der Waals surface area contributed by atoms with Gasteiger partial charge in [0.1, 0.15) is 5.01 Å². The maximum Gasteiger partial charge on any atom is 0.107 e. The van der Waals surface area contributed by atoms with E-state index >= 15 is 0 Å². The van der Waals surface area contributed by atoms with Crippen molar-refractivity contribution in [3.63, 3.8) is 0 Å². The number of halogens is 1. The van der Waals surface area contributed by atoms with Crippen LogP contribution in [0.4, 0.5) is 0 Å². The van der Waals surface area contributed by atoms with Gasteiger partial charge in [0.2, 0.25) is 0 Å². The number of rotatable bonds is 6. The van der Waals surface area contributed by atoms with E-state index in [1.54, 1.807) is 11.3 Å². The number of hydrogen-bond donors (Lipinski definition) is 1. The van der Waals surface area contributed by atoms with Crippen LogP contribution in [0.5, 0.6) is 0 Å². The Labute approximate surface area is 139 Å². The summed E-state index contributed by atoms with van der Waals surface area (Å²) < 4.78 is 0. The summed E-state index contributed by atoms with van der Waals surface area (Å²) in [4.78, 5) is 5.66. The third-order valence-corrected chi connectivity index (χ3v) is 4.69. The maximum absolute atomic E-state index is 5.92. The van der Waals surface area contributed by atoms with Crippen LogP contribution in [-0.2, 0) is 13.0 Å². The Hall–Kier alpha value is -1.68. The minimum atomic E-state index is 0.760. The lowest BCUT2D eigenvalue weighted by molar-refractivity contribution is 0.684. The molecule has 0 amide bonds. The summed E-state index contributed by atoms with van der Waals surface area (Å²) in [6.45, 7) is 1.77. The van der Waals surface area contributed by atoms with Crippen LogP contribution in [0.25, 0.3) is 10.4 Å². The number of hydrogen-bond acceptors (Lipinski definition) is 3. The third-order valence-electron chi connectivity index (χ3n) is 3.39. The molecule has 2 aromatic carbocycles. The van der Waals surface area contributed by atoms with E-state index in [-0.39, 0.29) is 0 Å². The summed E-state index contributed by atoms with van der Waals surface area (Å²) in [5.41, 5.74) is 2.52. The van der Waals surface area contributed by atoms with Crippen molar-refractivity contribution in [3.05, 3.63) is 76.4 Å². The molecule has 0 unspecified atom stereocenters. The largest absolute Gasteiger partial charge is 0.310 e. The SMILES string of the molecule is Clc1ccc(-c2cnc(CNCCc3ccccc3)s2)cc1. The van der Waals surface area contributed by atoms with Crippen LogP contribution in [-0.4, -0.2) is 11.5 Å². The number of nitrogens with one attached hydrogen (secondary N) is 1. The van der Waals surface area contributed by atoms with Gasteiger partial charge in [0.25, 0.3) is 0 Å². The average molecular weight is 329 g/mol. The normalized spacial score (nSPS) is 10.8. The van der Waals surface area contributed by atoms with Crippen LogP contribution in [0.3, 0.4) is 0 Å². The van der Waals surface area contributed by atoms with E-state index in [4.69, 9.17) is 11.6 Å². The van der Waals surface area contributed by atoms with Crippen molar-refractivity contribution >= 4 is 22.9 Å². The van der Waals surface area contributed by atoms with E-state index in [1.807, 2.05) is 36.5 Å². The first-order valence-corrected chi connectivity index (χ1v) is 8.46. The van der Waals surface area contributed by atoms with Crippen molar-refractivity contribution in [3.8, 4) is 10.4 Å². The smallest absolute Gasteiger partial charge is 0.107 e. The second kappa shape index (κ2) is 7.54. The van der Waals surface area contributed by atoms with Gasteiger partial charge in [-0.25, -0.2) is 4.98 Å². The molecule has 1 heterocycles. The summed E-state index contributed by atoms with van der Waals surface area (Å²) in [5.74, 6) is 0. The quantitative estimate of drug-likeness (QED) is 0.658. The molecule has 0 radical (unpaired) electrons. The minimum Gasteiger partial charge on any atom is -0.310 e. The van der Waals surface area contributed by atoms with Gasteiger partial charge in [-0.3, -0.25) is 0 Å². The summed E-state index contributed by atoms with van der Waals surface area (Å²) in [5, 5.41) is 5.32. The van der Waals surface area contributed by atoms with Crippen molar-refractivity contribution in [2.45, 2.75) is 13.0 Å². The van der Waals surface area contributed by atoms with Gasteiger partial charge in [-0.1, -0.05) is 54.1 Å². The molecule has 0 aliphatic carbocycles. The number of thiazole rings is 1. The highest BCUT2D eigenvalue weighted by Crippen LogP contribution is 2.27. The van der Waals surface area contributed by atoms with Gasteiger partial charge in [-0.15, -0.1) is 11.3 Å². The zero-order chi connectivity index (χ0) is 15.2. The van der Waals surface area contributed by atoms with Gasteiger partial charge in [-0.2, -0.15) is 0 Å². The van der Waals surface area contributed by atoms with E-state index in [2.05, 4.69) is 34.6 Å². The summed E-state index contributed by atoms with van der Waals surface area (Å²) in [7, 11) is 0. The van der Waals surface area contributed by atoms with Gasteiger partial charge >= 0.3 is 0 Å². The molecule has 1 N–H and O–H groups in total. The molecule has 112 valence electrons. The first-order chi connectivity index (χ1) is 10.8. The first kappa shape index (κ1) is 15.2. The van der Waals surface area contributed by atoms with Crippen LogP contribution in [0.2, 0.25) is 5.02 Å². The molecule has 0 fully saturated rings. The van der Waals surface area contributed by atoms with Crippen molar-refractivity contribution in [2.75, 3.05) is 6.54 Å². The molecule has 2 nitrogen and oxygen atoms in total. The molecular formula is C18H17ClN2S.